The molecule has 0 radical (unpaired) electrons. The Morgan fingerprint density at radius 2 is 1.77 bits per heavy atom. The van der Waals surface area contributed by atoms with Crippen LogP contribution in [0, 0.1) is 0 Å². The van der Waals surface area contributed by atoms with Crippen molar-refractivity contribution >= 4 is 17.9 Å². The highest BCUT2D eigenvalue weighted by atomic mass is 16.5. The van der Waals surface area contributed by atoms with Crippen LogP contribution in [-0.4, -0.2) is 25.0 Å². The van der Waals surface area contributed by atoms with Gasteiger partial charge in [0.25, 0.3) is 11.8 Å². The second kappa shape index (κ2) is 10.8. The van der Waals surface area contributed by atoms with Crippen molar-refractivity contribution in [1.82, 2.24) is 10.6 Å². The zero-order chi connectivity index (χ0) is 22.1. The van der Waals surface area contributed by atoms with Crippen molar-refractivity contribution in [2.45, 2.75) is 25.8 Å². The van der Waals surface area contributed by atoms with Crippen molar-refractivity contribution in [3.63, 3.8) is 0 Å². The fourth-order valence-corrected chi connectivity index (χ4v) is 3.01. The molecule has 6 heteroatoms. The minimum atomic E-state index is -0.396. The Morgan fingerprint density at radius 1 is 1.03 bits per heavy atom. The first kappa shape index (κ1) is 21.9. The lowest BCUT2D eigenvalue weighted by Crippen LogP contribution is -2.39. The Balaban J connectivity index is 1.67. The Bertz CT molecular complexity index is 1010. The summed E-state index contributed by atoms with van der Waals surface area (Å²) in [5, 5.41) is 5.65. The number of aryl methyl sites for hydroxylation is 1. The van der Waals surface area contributed by atoms with Gasteiger partial charge >= 0.3 is 0 Å². The number of ether oxygens (including phenoxy) is 1. The predicted molar refractivity (Wildman–Crippen MR) is 120 cm³/mol. The lowest BCUT2D eigenvalue weighted by Gasteiger charge is -2.16. The van der Waals surface area contributed by atoms with E-state index >= 15 is 0 Å². The van der Waals surface area contributed by atoms with E-state index in [4.69, 9.17) is 9.15 Å². The van der Waals surface area contributed by atoms with Gasteiger partial charge in [-0.3, -0.25) is 9.59 Å². The van der Waals surface area contributed by atoms with E-state index in [9.17, 15) is 9.59 Å². The summed E-state index contributed by atoms with van der Waals surface area (Å²) in [7, 11) is 1.56. The molecule has 1 heterocycles. The van der Waals surface area contributed by atoms with Crippen LogP contribution in [0.4, 0.5) is 0 Å². The number of furan rings is 1. The number of rotatable bonds is 9. The molecule has 1 unspecified atom stereocenters. The number of amides is 2. The number of carbonyl (C=O) groups excluding carboxylic acids is 2. The summed E-state index contributed by atoms with van der Waals surface area (Å²) in [5.41, 5.74) is 1.74. The predicted octanol–water partition coefficient (Wildman–Crippen LogP) is 4.20. The molecule has 1 atom stereocenters. The van der Waals surface area contributed by atoms with Gasteiger partial charge < -0.3 is 19.8 Å². The van der Waals surface area contributed by atoms with Crippen LogP contribution in [0.25, 0.3) is 6.08 Å². The van der Waals surface area contributed by atoms with E-state index in [1.807, 2.05) is 25.1 Å². The van der Waals surface area contributed by atoms with Gasteiger partial charge in [0.2, 0.25) is 0 Å². The summed E-state index contributed by atoms with van der Waals surface area (Å²) in [4.78, 5) is 25.6. The van der Waals surface area contributed by atoms with Crippen molar-refractivity contribution < 1.29 is 18.7 Å². The summed E-state index contributed by atoms with van der Waals surface area (Å²) in [6.07, 6.45) is 4.64. The zero-order valence-corrected chi connectivity index (χ0v) is 17.6. The molecule has 0 fully saturated rings. The van der Waals surface area contributed by atoms with Gasteiger partial charge in [-0.2, -0.15) is 0 Å². The molecule has 0 saturated heterocycles. The number of hydrogen-bond donors (Lipinski definition) is 2. The normalized spacial score (nSPS) is 12.1. The quantitative estimate of drug-likeness (QED) is 0.511. The molecule has 160 valence electrons. The first-order chi connectivity index (χ1) is 15.0. The molecule has 1 aromatic heterocycles. The molecule has 6 nitrogen and oxygen atoms in total. The van der Waals surface area contributed by atoms with E-state index in [1.54, 1.807) is 43.5 Å². The largest absolute Gasteiger partial charge is 0.497 e. The Morgan fingerprint density at radius 3 is 2.42 bits per heavy atom. The second-order valence-corrected chi connectivity index (χ2v) is 7.15. The van der Waals surface area contributed by atoms with Crippen molar-refractivity contribution in [1.29, 1.82) is 0 Å². The fraction of sp³-hybridized carbons (Fsp3) is 0.200. The lowest BCUT2D eigenvalue weighted by molar-refractivity contribution is -0.118. The van der Waals surface area contributed by atoms with Crippen LogP contribution in [0.5, 0.6) is 5.75 Å². The topological polar surface area (TPSA) is 80.6 Å². The first-order valence-electron chi connectivity index (χ1n) is 10.1. The van der Waals surface area contributed by atoms with Gasteiger partial charge in [-0.05, 0) is 61.7 Å². The zero-order valence-electron chi connectivity index (χ0n) is 17.6. The molecule has 0 aliphatic rings. The summed E-state index contributed by atoms with van der Waals surface area (Å²) in [5.74, 6) is 0.344. The third-order valence-corrected chi connectivity index (χ3v) is 4.76. The molecule has 2 aromatic carbocycles. The number of carbonyl (C=O) groups is 2. The average molecular weight is 418 g/mol. The molecule has 0 saturated carbocycles. The van der Waals surface area contributed by atoms with Crippen molar-refractivity contribution in [3.8, 4) is 5.75 Å². The van der Waals surface area contributed by atoms with Gasteiger partial charge in [-0.1, -0.05) is 30.3 Å². The fourth-order valence-electron chi connectivity index (χ4n) is 3.01. The van der Waals surface area contributed by atoms with Crippen molar-refractivity contribution in [2.24, 2.45) is 0 Å². The molecule has 3 aromatic rings. The van der Waals surface area contributed by atoms with E-state index < -0.39 is 5.91 Å². The number of nitrogens with one attached hydrogen (secondary N) is 2. The van der Waals surface area contributed by atoms with E-state index in [2.05, 4.69) is 22.8 Å². The van der Waals surface area contributed by atoms with Crippen LogP contribution in [-0.2, 0) is 11.2 Å². The minimum absolute atomic E-state index is 0.0782. The Hall–Kier alpha value is -3.80. The molecule has 0 spiro atoms. The molecular formula is C25H26N2O4. The van der Waals surface area contributed by atoms with Crippen molar-refractivity contribution in [3.05, 3.63) is 95.6 Å². The van der Waals surface area contributed by atoms with Gasteiger partial charge in [0.15, 0.2) is 0 Å². The highest BCUT2D eigenvalue weighted by Crippen LogP contribution is 2.13. The molecule has 0 aliphatic heterocycles. The molecule has 0 aliphatic carbocycles. The van der Waals surface area contributed by atoms with Gasteiger partial charge in [-0.15, -0.1) is 0 Å². The summed E-state index contributed by atoms with van der Waals surface area (Å²) < 4.78 is 10.4. The van der Waals surface area contributed by atoms with Crippen molar-refractivity contribution in [2.75, 3.05) is 7.11 Å². The van der Waals surface area contributed by atoms with E-state index in [1.165, 1.54) is 17.9 Å². The molecule has 2 N–H and O–H groups in total. The summed E-state index contributed by atoms with van der Waals surface area (Å²) >= 11 is 0. The Kier molecular flexibility index (Phi) is 7.65. The maximum Gasteiger partial charge on any atom is 0.268 e. The third kappa shape index (κ3) is 6.60. The molecule has 3 rings (SSSR count). The number of hydrogen-bond acceptors (Lipinski definition) is 4. The van der Waals surface area contributed by atoms with Crippen LogP contribution in [0.3, 0.4) is 0 Å². The molecular weight excluding hydrogens is 392 g/mol. The van der Waals surface area contributed by atoms with Gasteiger partial charge in [0, 0.05) is 17.7 Å². The summed E-state index contributed by atoms with van der Waals surface area (Å²) in [6.45, 7) is 1.94. The van der Waals surface area contributed by atoms with Crippen LogP contribution in [0.1, 0.15) is 35.0 Å². The average Bonchev–Trinajstić information content (AvgIpc) is 3.31. The smallest absolute Gasteiger partial charge is 0.268 e. The van der Waals surface area contributed by atoms with Crippen LogP contribution in [0.2, 0.25) is 0 Å². The van der Waals surface area contributed by atoms with E-state index in [0.717, 1.165) is 12.8 Å². The molecule has 31 heavy (non-hydrogen) atoms. The number of benzene rings is 2. The third-order valence-electron chi connectivity index (χ3n) is 4.76. The minimum Gasteiger partial charge on any atom is -0.497 e. The molecule has 2 amide bonds. The van der Waals surface area contributed by atoms with Gasteiger partial charge in [0.1, 0.15) is 17.2 Å². The van der Waals surface area contributed by atoms with Crippen LogP contribution >= 0.6 is 0 Å². The summed E-state index contributed by atoms with van der Waals surface area (Å²) in [6, 6.07) is 20.1. The second-order valence-electron chi connectivity index (χ2n) is 7.15. The monoisotopic (exact) mass is 418 g/mol. The Labute approximate surface area is 181 Å². The van der Waals surface area contributed by atoms with Crippen LogP contribution < -0.4 is 15.4 Å². The first-order valence-corrected chi connectivity index (χ1v) is 10.1. The SMILES string of the molecule is COc1ccc(C(=O)N/C(=C\c2ccco2)C(=O)NC(C)CCc2ccccc2)cc1. The standard InChI is InChI=1S/C25H26N2O4/c1-18(10-11-19-7-4-3-5-8-19)26-25(29)23(17-22-9-6-16-31-22)27-24(28)20-12-14-21(30-2)15-13-20/h3-9,12-18H,10-11H2,1-2H3,(H,26,29)(H,27,28)/b23-17-. The maximum atomic E-state index is 12.9. The number of methoxy groups -OCH3 is 1. The van der Waals surface area contributed by atoms with E-state index in [-0.39, 0.29) is 17.6 Å². The highest BCUT2D eigenvalue weighted by molar-refractivity contribution is 6.05. The highest BCUT2D eigenvalue weighted by Gasteiger charge is 2.17. The van der Waals surface area contributed by atoms with Crippen LogP contribution in [0.15, 0.2) is 83.1 Å². The van der Waals surface area contributed by atoms with Gasteiger partial charge in [0.05, 0.1) is 13.4 Å². The maximum absolute atomic E-state index is 12.9. The lowest BCUT2D eigenvalue weighted by atomic mass is 10.1. The van der Waals surface area contributed by atoms with Gasteiger partial charge in [-0.25, -0.2) is 0 Å². The molecule has 0 bridgehead atoms. The van der Waals surface area contributed by atoms with E-state index in [0.29, 0.717) is 17.1 Å².